The van der Waals surface area contributed by atoms with Gasteiger partial charge in [0.1, 0.15) is 5.82 Å². The van der Waals surface area contributed by atoms with Crippen LogP contribution in [0.2, 0.25) is 5.02 Å². The molecule has 5 rings (SSSR count). The molecule has 1 aromatic carbocycles. The van der Waals surface area contributed by atoms with Gasteiger partial charge in [-0.3, -0.25) is 4.79 Å². The summed E-state index contributed by atoms with van der Waals surface area (Å²) in [6.45, 7) is 4.38. The molecule has 3 aromatic rings. The van der Waals surface area contributed by atoms with E-state index in [1.54, 1.807) is 29.2 Å². The third kappa shape index (κ3) is 3.62. The number of amides is 1. The number of benzene rings is 1. The largest absolute Gasteiger partial charge is 0.477 e. The van der Waals surface area contributed by atoms with Crippen molar-refractivity contribution in [3.8, 4) is 5.88 Å². The number of nitrogens with two attached hydrogens (primary N) is 1. The Labute approximate surface area is 189 Å². The first kappa shape index (κ1) is 20.9. The summed E-state index contributed by atoms with van der Waals surface area (Å²) in [5, 5.41) is 9.48. The van der Waals surface area contributed by atoms with E-state index in [1.807, 2.05) is 6.92 Å². The number of aromatic nitrogens is 3. The third-order valence-corrected chi connectivity index (χ3v) is 6.04. The highest BCUT2D eigenvalue weighted by molar-refractivity contribution is 6.34. The number of fused-ring (bicyclic) bond motifs is 3. The highest BCUT2D eigenvalue weighted by atomic mass is 35.5. The lowest BCUT2D eigenvalue weighted by Gasteiger charge is -2.35. The molecule has 10 heteroatoms. The number of halogens is 1. The Hall–Kier alpha value is -3.01. The molecule has 0 saturated carbocycles. The lowest BCUT2D eigenvalue weighted by molar-refractivity contribution is -0.00417. The molecule has 1 fully saturated rings. The maximum absolute atomic E-state index is 13.6. The lowest BCUT2D eigenvalue weighted by atomic mass is 10.0. The van der Waals surface area contributed by atoms with E-state index >= 15 is 0 Å². The van der Waals surface area contributed by atoms with Crippen LogP contribution in [-0.2, 0) is 22.7 Å². The SMILES string of the molecule is CCOc1ccc(C2COCCN2C(=O)c2cc3c4c(c(N)nc3cc2Cl)COC4)nn1. The maximum atomic E-state index is 13.6. The maximum Gasteiger partial charge on any atom is 0.256 e. The molecule has 166 valence electrons. The van der Waals surface area contributed by atoms with Crippen LogP contribution in [0.1, 0.15) is 40.1 Å². The average Bonchev–Trinajstić information content (AvgIpc) is 3.30. The molecule has 32 heavy (non-hydrogen) atoms. The standard InChI is InChI=1S/C22H22ClN5O4/c1-2-32-20-4-3-17(26-27-20)19-11-30-6-5-28(19)22(29)13-7-12-14-9-31-10-15(14)21(24)25-18(12)8-16(13)23/h3-4,7-8,19H,2,5-6,9-11H2,1H3,(H2,24,25). The molecule has 0 bridgehead atoms. The molecule has 9 nitrogen and oxygen atoms in total. The van der Waals surface area contributed by atoms with Crippen LogP contribution in [0.25, 0.3) is 10.9 Å². The summed E-state index contributed by atoms with van der Waals surface area (Å²) in [6, 6.07) is 6.63. The molecule has 0 radical (unpaired) electrons. The Balaban J connectivity index is 1.51. The molecule has 2 N–H and O–H groups in total. The van der Waals surface area contributed by atoms with Crippen LogP contribution in [0.4, 0.5) is 5.82 Å². The Morgan fingerprint density at radius 2 is 2.09 bits per heavy atom. The van der Waals surface area contributed by atoms with Crippen molar-refractivity contribution in [2.75, 3.05) is 32.1 Å². The summed E-state index contributed by atoms with van der Waals surface area (Å²) < 4.78 is 16.6. The molecule has 1 atom stereocenters. The molecule has 1 amide bonds. The topological polar surface area (TPSA) is 113 Å². The number of carbonyl (C=O) groups excluding carboxylic acids is 1. The number of nitrogen functional groups attached to an aromatic ring is 1. The molecular weight excluding hydrogens is 434 g/mol. The molecule has 0 spiro atoms. The van der Waals surface area contributed by atoms with Gasteiger partial charge in [-0.2, -0.15) is 0 Å². The molecule has 4 heterocycles. The van der Waals surface area contributed by atoms with Crippen LogP contribution in [0.3, 0.4) is 0 Å². The van der Waals surface area contributed by atoms with Gasteiger partial charge in [0.05, 0.1) is 60.9 Å². The fourth-order valence-corrected chi connectivity index (χ4v) is 4.37. The van der Waals surface area contributed by atoms with Crippen LogP contribution in [0, 0.1) is 0 Å². The van der Waals surface area contributed by atoms with Crippen molar-refractivity contribution in [3.05, 3.63) is 51.7 Å². The molecule has 1 unspecified atom stereocenters. The molecule has 1 saturated heterocycles. The number of ether oxygens (including phenoxy) is 3. The van der Waals surface area contributed by atoms with E-state index < -0.39 is 0 Å². The fraction of sp³-hybridized carbons (Fsp3) is 0.364. The second-order valence-electron chi connectivity index (χ2n) is 7.61. The van der Waals surface area contributed by atoms with E-state index in [2.05, 4.69) is 15.2 Å². The summed E-state index contributed by atoms with van der Waals surface area (Å²) in [7, 11) is 0. The number of rotatable bonds is 4. The summed E-state index contributed by atoms with van der Waals surface area (Å²) in [6.07, 6.45) is 0. The van der Waals surface area contributed by atoms with Crippen molar-refractivity contribution >= 4 is 34.2 Å². The van der Waals surface area contributed by atoms with Crippen molar-refractivity contribution in [2.24, 2.45) is 0 Å². The highest BCUT2D eigenvalue weighted by Gasteiger charge is 2.32. The Kier molecular flexibility index (Phi) is 5.54. The van der Waals surface area contributed by atoms with Crippen LogP contribution in [-0.4, -0.2) is 52.4 Å². The minimum absolute atomic E-state index is 0.203. The van der Waals surface area contributed by atoms with Crippen LogP contribution in [0.5, 0.6) is 5.88 Å². The highest BCUT2D eigenvalue weighted by Crippen LogP contribution is 2.35. The minimum atomic E-state index is -0.384. The van der Waals surface area contributed by atoms with Crippen molar-refractivity contribution in [1.82, 2.24) is 20.1 Å². The predicted octanol–water partition coefficient (Wildman–Crippen LogP) is 2.90. The Bertz CT molecular complexity index is 1190. The van der Waals surface area contributed by atoms with E-state index in [1.165, 1.54) is 0 Å². The number of hydrogen-bond donors (Lipinski definition) is 1. The van der Waals surface area contributed by atoms with Gasteiger partial charge in [0.2, 0.25) is 5.88 Å². The quantitative estimate of drug-likeness (QED) is 0.639. The van der Waals surface area contributed by atoms with Crippen LogP contribution in [0.15, 0.2) is 24.3 Å². The second-order valence-corrected chi connectivity index (χ2v) is 8.02. The normalized spacial score (nSPS) is 18.1. The van der Waals surface area contributed by atoms with Gasteiger partial charge in [-0.15, -0.1) is 10.2 Å². The van der Waals surface area contributed by atoms with Gasteiger partial charge < -0.3 is 24.8 Å². The van der Waals surface area contributed by atoms with Gasteiger partial charge >= 0.3 is 0 Å². The van der Waals surface area contributed by atoms with Crippen LogP contribution >= 0.6 is 11.6 Å². The third-order valence-electron chi connectivity index (χ3n) is 5.73. The molecule has 0 aliphatic carbocycles. The molecule has 2 aromatic heterocycles. The first-order chi connectivity index (χ1) is 15.6. The monoisotopic (exact) mass is 455 g/mol. The van der Waals surface area contributed by atoms with Gasteiger partial charge in [0.25, 0.3) is 5.91 Å². The smallest absolute Gasteiger partial charge is 0.256 e. The number of anilines is 1. The van der Waals surface area contributed by atoms with E-state index in [0.717, 1.165) is 16.5 Å². The summed E-state index contributed by atoms with van der Waals surface area (Å²) in [4.78, 5) is 19.8. The fourth-order valence-electron chi connectivity index (χ4n) is 4.14. The van der Waals surface area contributed by atoms with Gasteiger partial charge in [0.15, 0.2) is 0 Å². The van der Waals surface area contributed by atoms with E-state index in [4.69, 9.17) is 31.5 Å². The molecular formula is C22H22ClN5O4. The molecule has 2 aliphatic rings. The van der Waals surface area contributed by atoms with E-state index in [0.29, 0.717) is 73.1 Å². The summed E-state index contributed by atoms with van der Waals surface area (Å²) >= 11 is 6.53. The zero-order valence-corrected chi connectivity index (χ0v) is 18.3. The first-order valence-electron chi connectivity index (χ1n) is 10.4. The Morgan fingerprint density at radius 3 is 2.88 bits per heavy atom. The predicted molar refractivity (Wildman–Crippen MR) is 117 cm³/mol. The van der Waals surface area contributed by atoms with Gasteiger partial charge in [-0.05, 0) is 30.7 Å². The average molecular weight is 456 g/mol. The van der Waals surface area contributed by atoms with Crippen molar-refractivity contribution in [3.63, 3.8) is 0 Å². The first-order valence-corrected chi connectivity index (χ1v) is 10.8. The van der Waals surface area contributed by atoms with Crippen molar-refractivity contribution in [1.29, 1.82) is 0 Å². The number of nitrogens with zero attached hydrogens (tertiary/aromatic N) is 4. The number of carbonyl (C=O) groups is 1. The zero-order chi connectivity index (χ0) is 22.2. The number of hydrogen-bond acceptors (Lipinski definition) is 8. The number of morpholine rings is 1. The zero-order valence-electron chi connectivity index (χ0n) is 17.5. The van der Waals surface area contributed by atoms with Gasteiger partial charge in [-0.25, -0.2) is 4.98 Å². The van der Waals surface area contributed by atoms with Crippen LogP contribution < -0.4 is 10.5 Å². The minimum Gasteiger partial charge on any atom is -0.477 e. The van der Waals surface area contributed by atoms with Crippen molar-refractivity contribution in [2.45, 2.75) is 26.2 Å². The van der Waals surface area contributed by atoms with E-state index in [9.17, 15) is 4.79 Å². The summed E-state index contributed by atoms with van der Waals surface area (Å²) in [5.41, 5.74) is 9.55. The summed E-state index contributed by atoms with van der Waals surface area (Å²) in [5.74, 6) is 0.666. The van der Waals surface area contributed by atoms with Crippen molar-refractivity contribution < 1.29 is 19.0 Å². The lowest BCUT2D eigenvalue weighted by Crippen LogP contribution is -2.43. The number of pyridine rings is 1. The molecule has 2 aliphatic heterocycles. The second kappa shape index (κ2) is 8.50. The van der Waals surface area contributed by atoms with Gasteiger partial charge in [-0.1, -0.05) is 11.6 Å². The Morgan fingerprint density at radius 1 is 1.25 bits per heavy atom. The van der Waals surface area contributed by atoms with Gasteiger partial charge in [0, 0.05) is 23.6 Å². The van der Waals surface area contributed by atoms with E-state index in [-0.39, 0.29) is 11.9 Å².